The van der Waals surface area contributed by atoms with Crippen LogP contribution in [-0.2, 0) is 6.42 Å². The summed E-state index contributed by atoms with van der Waals surface area (Å²) in [5, 5.41) is 5.70. The average Bonchev–Trinajstić information content (AvgIpc) is 2.62. The van der Waals surface area contributed by atoms with Gasteiger partial charge < -0.3 is 10.6 Å². The second kappa shape index (κ2) is 9.57. The van der Waals surface area contributed by atoms with Crippen LogP contribution >= 0.6 is 0 Å². The number of aromatic nitrogens is 1. The van der Waals surface area contributed by atoms with Crippen molar-refractivity contribution in [1.82, 2.24) is 15.6 Å². The van der Waals surface area contributed by atoms with E-state index >= 15 is 0 Å². The number of amides is 2. The first-order chi connectivity index (χ1) is 12.1. The molecule has 0 radical (unpaired) electrons. The van der Waals surface area contributed by atoms with E-state index in [1.54, 1.807) is 6.07 Å². The molecule has 2 amide bonds. The van der Waals surface area contributed by atoms with Gasteiger partial charge in [-0.2, -0.15) is 0 Å². The van der Waals surface area contributed by atoms with Crippen LogP contribution in [0.3, 0.4) is 0 Å². The number of carbonyl (C=O) groups is 2. The van der Waals surface area contributed by atoms with Crippen LogP contribution in [0.15, 0.2) is 48.7 Å². The Kier molecular flexibility index (Phi) is 7.14. The molecule has 0 unspecified atom stereocenters. The van der Waals surface area contributed by atoms with Crippen molar-refractivity contribution in [3.05, 3.63) is 65.5 Å². The summed E-state index contributed by atoms with van der Waals surface area (Å²) in [6, 6.07) is 13.1. The summed E-state index contributed by atoms with van der Waals surface area (Å²) in [4.78, 5) is 28.4. The van der Waals surface area contributed by atoms with E-state index in [0.717, 1.165) is 18.4 Å². The summed E-state index contributed by atoms with van der Waals surface area (Å²) in [5.74, 6) is 0.0813. The van der Waals surface area contributed by atoms with Gasteiger partial charge in [-0.3, -0.25) is 14.6 Å². The molecule has 0 atom stereocenters. The Morgan fingerprint density at radius 3 is 2.44 bits per heavy atom. The third-order valence-electron chi connectivity index (χ3n) is 3.80. The topological polar surface area (TPSA) is 71.1 Å². The molecule has 0 aliphatic rings. The van der Waals surface area contributed by atoms with Gasteiger partial charge in [0.15, 0.2) is 0 Å². The largest absolute Gasteiger partial charge is 0.352 e. The maximum absolute atomic E-state index is 12.2. The van der Waals surface area contributed by atoms with E-state index in [4.69, 9.17) is 0 Å². The molecule has 1 aromatic carbocycles. The number of hydrogen-bond acceptors (Lipinski definition) is 3. The van der Waals surface area contributed by atoms with Crippen LogP contribution < -0.4 is 10.6 Å². The van der Waals surface area contributed by atoms with E-state index < -0.39 is 0 Å². The lowest BCUT2D eigenvalue weighted by atomic mass is 10.1. The maximum atomic E-state index is 12.2. The molecule has 0 fully saturated rings. The lowest BCUT2D eigenvalue weighted by molar-refractivity contribution is 0.0949. The third-order valence-corrected chi connectivity index (χ3v) is 3.80. The number of pyridine rings is 1. The molecule has 0 aliphatic heterocycles. The molecule has 5 heteroatoms. The van der Waals surface area contributed by atoms with Gasteiger partial charge in [0.1, 0.15) is 5.69 Å². The van der Waals surface area contributed by atoms with Crippen LogP contribution in [0.2, 0.25) is 0 Å². The van der Waals surface area contributed by atoms with Crippen molar-refractivity contribution in [1.29, 1.82) is 0 Å². The van der Waals surface area contributed by atoms with Gasteiger partial charge in [0.2, 0.25) is 0 Å². The van der Waals surface area contributed by atoms with E-state index in [1.807, 2.05) is 30.3 Å². The first-order valence-corrected chi connectivity index (χ1v) is 8.62. The summed E-state index contributed by atoms with van der Waals surface area (Å²) < 4.78 is 0. The second-order valence-electron chi connectivity index (χ2n) is 6.36. The van der Waals surface area contributed by atoms with Crippen molar-refractivity contribution in [2.24, 2.45) is 5.92 Å². The van der Waals surface area contributed by atoms with Gasteiger partial charge in [0.05, 0.1) is 0 Å². The summed E-state index contributed by atoms with van der Waals surface area (Å²) in [6.45, 7) is 5.36. The molecule has 0 saturated carbocycles. The zero-order valence-corrected chi connectivity index (χ0v) is 14.8. The summed E-state index contributed by atoms with van der Waals surface area (Å²) in [5.41, 5.74) is 1.87. The van der Waals surface area contributed by atoms with E-state index in [9.17, 15) is 9.59 Å². The van der Waals surface area contributed by atoms with Crippen molar-refractivity contribution < 1.29 is 9.59 Å². The lowest BCUT2D eigenvalue weighted by Gasteiger charge is -2.08. The predicted octanol–water partition coefficient (Wildman–Crippen LogP) is 2.83. The van der Waals surface area contributed by atoms with Gasteiger partial charge in [-0.15, -0.1) is 0 Å². The Labute approximate surface area is 148 Å². The van der Waals surface area contributed by atoms with Crippen LogP contribution in [0.25, 0.3) is 0 Å². The van der Waals surface area contributed by atoms with Gasteiger partial charge in [-0.1, -0.05) is 44.2 Å². The van der Waals surface area contributed by atoms with E-state index in [0.29, 0.717) is 24.6 Å². The molecule has 2 rings (SSSR count). The molecule has 1 heterocycles. The van der Waals surface area contributed by atoms with Gasteiger partial charge in [0.25, 0.3) is 11.8 Å². The molecular formula is C20H25N3O2. The Hall–Kier alpha value is -2.69. The van der Waals surface area contributed by atoms with Crippen molar-refractivity contribution in [2.75, 3.05) is 13.1 Å². The molecule has 0 bridgehead atoms. The smallest absolute Gasteiger partial charge is 0.269 e. The van der Waals surface area contributed by atoms with Crippen LogP contribution in [0, 0.1) is 5.92 Å². The number of nitrogens with zero attached hydrogens (tertiary/aromatic N) is 1. The standard InChI is InChI=1S/C20H25N3O2/c1-15(2)8-11-22-19(24)17-10-13-21-18(14-17)20(25)23-12-9-16-6-4-3-5-7-16/h3-7,10,13-15H,8-9,11-12H2,1-2H3,(H,22,24)(H,23,25). The molecule has 132 valence electrons. The Bertz CT molecular complexity index is 699. The Morgan fingerprint density at radius 2 is 1.72 bits per heavy atom. The van der Waals surface area contributed by atoms with Crippen molar-refractivity contribution in [3.8, 4) is 0 Å². The van der Waals surface area contributed by atoms with E-state index in [-0.39, 0.29) is 17.5 Å². The third kappa shape index (κ3) is 6.37. The first kappa shape index (κ1) is 18.6. The number of rotatable bonds is 8. The molecule has 5 nitrogen and oxygen atoms in total. The molecule has 0 spiro atoms. The number of benzene rings is 1. The fourth-order valence-corrected chi connectivity index (χ4v) is 2.33. The maximum Gasteiger partial charge on any atom is 0.269 e. The van der Waals surface area contributed by atoms with Crippen molar-refractivity contribution in [3.63, 3.8) is 0 Å². The molecule has 0 saturated heterocycles. The summed E-state index contributed by atoms with van der Waals surface area (Å²) in [6.07, 6.45) is 3.16. The number of nitrogens with one attached hydrogen (secondary N) is 2. The van der Waals surface area contributed by atoms with Crippen LogP contribution in [0.1, 0.15) is 46.7 Å². The van der Waals surface area contributed by atoms with E-state index in [1.165, 1.54) is 12.3 Å². The second-order valence-corrected chi connectivity index (χ2v) is 6.36. The number of carbonyl (C=O) groups excluding carboxylic acids is 2. The van der Waals surface area contributed by atoms with Crippen molar-refractivity contribution >= 4 is 11.8 Å². The van der Waals surface area contributed by atoms with Gasteiger partial charge in [-0.05, 0) is 36.5 Å². The minimum absolute atomic E-state index is 0.179. The van der Waals surface area contributed by atoms with Gasteiger partial charge in [-0.25, -0.2) is 0 Å². The van der Waals surface area contributed by atoms with E-state index in [2.05, 4.69) is 29.5 Å². The molecule has 0 aliphatic carbocycles. The minimum Gasteiger partial charge on any atom is -0.352 e. The quantitative estimate of drug-likeness (QED) is 0.777. The lowest BCUT2D eigenvalue weighted by Crippen LogP contribution is -2.28. The Balaban J connectivity index is 1.86. The van der Waals surface area contributed by atoms with Gasteiger partial charge >= 0.3 is 0 Å². The first-order valence-electron chi connectivity index (χ1n) is 8.62. The molecule has 2 N–H and O–H groups in total. The average molecular weight is 339 g/mol. The molecule has 1 aromatic heterocycles. The zero-order valence-electron chi connectivity index (χ0n) is 14.8. The van der Waals surface area contributed by atoms with Crippen molar-refractivity contribution in [2.45, 2.75) is 26.7 Å². The van der Waals surface area contributed by atoms with Crippen LogP contribution in [0.5, 0.6) is 0 Å². The molecule has 2 aromatic rings. The molecule has 25 heavy (non-hydrogen) atoms. The monoisotopic (exact) mass is 339 g/mol. The molecular weight excluding hydrogens is 314 g/mol. The summed E-state index contributed by atoms with van der Waals surface area (Å²) in [7, 11) is 0. The highest BCUT2D eigenvalue weighted by Crippen LogP contribution is 2.04. The zero-order chi connectivity index (χ0) is 18.1. The number of hydrogen-bond donors (Lipinski definition) is 2. The van der Waals surface area contributed by atoms with Gasteiger partial charge in [0, 0.05) is 24.8 Å². The SMILES string of the molecule is CC(C)CCNC(=O)c1ccnc(C(=O)NCCc2ccccc2)c1. The normalized spacial score (nSPS) is 10.5. The van der Waals surface area contributed by atoms with Crippen LogP contribution in [-0.4, -0.2) is 29.9 Å². The highest BCUT2D eigenvalue weighted by molar-refractivity contribution is 5.98. The Morgan fingerprint density at radius 1 is 1.00 bits per heavy atom. The highest BCUT2D eigenvalue weighted by Gasteiger charge is 2.11. The fourth-order valence-electron chi connectivity index (χ4n) is 2.33. The van der Waals surface area contributed by atoms with Crippen LogP contribution in [0.4, 0.5) is 0 Å². The summed E-state index contributed by atoms with van der Waals surface area (Å²) >= 11 is 0. The highest BCUT2D eigenvalue weighted by atomic mass is 16.2. The predicted molar refractivity (Wildman–Crippen MR) is 98.5 cm³/mol. The minimum atomic E-state index is -0.271. The fraction of sp³-hybridized carbons (Fsp3) is 0.350.